The SMILES string of the molecule is CCCOc1cc(C(=O)NCCOC)ccc1N. The van der Waals surface area contributed by atoms with Crippen LogP contribution in [0.1, 0.15) is 23.7 Å². The number of rotatable bonds is 7. The second-order valence-electron chi connectivity index (χ2n) is 3.85. The lowest BCUT2D eigenvalue weighted by atomic mass is 10.2. The van der Waals surface area contributed by atoms with Crippen LogP contribution in [0.4, 0.5) is 5.69 Å². The van der Waals surface area contributed by atoms with Gasteiger partial charge in [-0.25, -0.2) is 0 Å². The summed E-state index contributed by atoms with van der Waals surface area (Å²) >= 11 is 0. The van der Waals surface area contributed by atoms with Crippen molar-refractivity contribution >= 4 is 11.6 Å². The quantitative estimate of drug-likeness (QED) is 0.569. The lowest BCUT2D eigenvalue weighted by Gasteiger charge is -2.10. The number of carbonyl (C=O) groups is 1. The first-order valence-electron chi connectivity index (χ1n) is 5.98. The number of amides is 1. The summed E-state index contributed by atoms with van der Waals surface area (Å²) in [6.07, 6.45) is 0.893. The molecular weight excluding hydrogens is 232 g/mol. The number of anilines is 1. The summed E-state index contributed by atoms with van der Waals surface area (Å²) in [6, 6.07) is 5.01. The number of benzene rings is 1. The predicted molar refractivity (Wildman–Crippen MR) is 70.8 cm³/mol. The Bertz CT molecular complexity index is 394. The highest BCUT2D eigenvalue weighted by Crippen LogP contribution is 2.22. The van der Waals surface area contributed by atoms with Crippen LogP contribution in [0.5, 0.6) is 5.75 Å². The average Bonchev–Trinajstić information content (AvgIpc) is 2.38. The summed E-state index contributed by atoms with van der Waals surface area (Å²) in [5.41, 5.74) is 6.85. The second-order valence-corrected chi connectivity index (χ2v) is 3.85. The summed E-state index contributed by atoms with van der Waals surface area (Å²) in [4.78, 5) is 11.8. The van der Waals surface area contributed by atoms with Crippen LogP contribution in [0.15, 0.2) is 18.2 Å². The van der Waals surface area contributed by atoms with Crippen molar-refractivity contribution in [1.29, 1.82) is 0 Å². The van der Waals surface area contributed by atoms with Crippen molar-refractivity contribution in [2.75, 3.05) is 32.6 Å². The topological polar surface area (TPSA) is 73.6 Å². The van der Waals surface area contributed by atoms with Crippen molar-refractivity contribution in [2.24, 2.45) is 0 Å². The van der Waals surface area contributed by atoms with Crippen LogP contribution in [-0.2, 0) is 4.74 Å². The van der Waals surface area contributed by atoms with Crippen molar-refractivity contribution in [3.63, 3.8) is 0 Å². The first kappa shape index (κ1) is 14.3. The molecule has 5 nitrogen and oxygen atoms in total. The predicted octanol–water partition coefficient (Wildman–Crippen LogP) is 1.43. The normalized spacial score (nSPS) is 10.1. The van der Waals surface area contributed by atoms with Crippen LogP contribution in [-0.4, -0.2) is 32.8 Å². The molecule has 0 aliphatic carbocycles. The first-order chi connectivity index (χ1) is 8.69. The van der Waals surface area contributed by atoms with Gasteiger partial charge in [0.2, 0.25) is 0 Å². The Balaban J connectivity index is 2.68. The number of ether oxygens (including phenoxy) is 2. The molecule has 1 aromatic rings. The first-order valence-corrected chi connectivity index (χ1v) is 5.98. The van der Waals surface area contributed by atoms with E-state index in [2.05, 4.69) is 5.32 Å². The Kier molecular flexibility index (Phi) is 6.00. The Morgan fingerprint density at radius 2 is 2.17 bits per heavy atom. The molecule has 0 radical (unpaired) electrons. The zero-order chi connectivity index (χ0) is 13.4. The third-order valence-electron chi connectivity index (χ3n) is 2.33. The summed E-state index contributed by atoms with van der Waals surface area (Å²) in [7, 11) is 1.59. The molecular formula is C13H20N2O3. The summed E-state index contributed by atoms with van der Waals surface area (Å²) in [5.74, 6) is 0.393. The molecule has 3 N–H and O–H groups in total. The number of hydrogen-bond donors (Lipinski definition) is 2. The molecule has 0 aliphatic heterocycles. The molecule has 0 heterocycles. The fraction of sp³-hybridized carbons (Fsp3) is 0.462. The maximum atomic E-state index is 11.8. The number of nitrogens with two attached hydrogens (primary N) is 1. The van der Waals surface area contributed by atoms with Crippen LogP contribution >= 0.6 is 0 Å². The van der Waals surface area contributed by atoms with E-state index in [0.29, 0.717) is 36.8 Å². The molecule has 5 heteroatoms. The lowest BCUT2D eigenvalue weighted by molar-refractivity contribution is 0.0936. The van der Waals surface area contributed by atoms with E-state index in [1.54, 1.807) is 25.3 Å². The highest BCUT2D eigenvalue weighted by Gasteiger charge is 2.08. The van der Waals surface area contributed by atoms with Gasteiger partial charge in [-0.2, -0.15) is 0 Å². The number of hydrogen-bond acceptors (Lipinski definition) is 4. The molecule has 100 valence electrons. The average molecular weight is 252 g/mol. The molecule has 0 saturated carbocycles. The minimum Gasteiger partial charge on any atom is -0.491 e. The van der Waals surface area contributed by atoms with E-state index in [4.69, 9.17) is 15.2 Å². The van der Waals surface area contributed by atoms with Gasteiger partial charge in [-0.3, -0.25) is 4.79 Å². The zero-order valence-corrected chi connectivity index (χ0v) is 10.9. The van der Waals surface area contributed by atoms with Crippen LogP contribution in [0.2, 0.25) is 0 Å². The van der Waals surface area contributed by atoms with E-state index in [1.165, 1.54) is 0 Å². The minimum absolute atomic E-state index is 0.159. The minimum atomic E-state index is -0.159. The molecule has 0 spiro atoms. The number of carbonyl (C=O) groups excluding carboxylic acids is 1. The molecule has 1 rings (SSSR count). The fourth-order valence-corrected chi connectivity index (χ4v) is 1.38. The van der Waals surface area contributed by atoms with E-state index in [0.717, 1.165) is 6.42 Å². The summed E-state index contributed by atoms with van der Waals surface area (Å²) in [5, 5.41) is 2.74. The van der Waals surface area contributed by atoms with E-state index < -0.39 is 0 Å². The molecule has 18 heavy (non-hydrogen) atoms. The molecule has 0 unspecified atom stereocenters. The van der Waals surface area contributed by atoms with Gasteiger partial charge in [0.1, 0.15) is 5.75 Å². The van der Waals surface area contributed by atoms with Crippen molar-refractivity contribution in [3.05, 3.63) is 23.8 Å². The second kappa shape index (κ2) is 7.55. The molecule has 0 aromatic heterocycles. The Morgan fingerprint density at radius 1 is 1.39 bits per heavy atom. The highest BCUT2D eigenvalue weighted by molar-refractivity contribution is 5.95. The standard InChI is InChI=1S/C13H20N2O3/c1-3-7-18-12-9-10(4-5-11(12)14)13(16)15-6-8-17-2/h4-5,9H,3,6-8,14H2,1-2H3,(H,15,16). The van der Waals surface area contributed by atoms with Gasteiger partial charge in [-0.15, -0.1) is 0 Å². The van der Waals surface area contributed by atoms with Gasteiger partial charge in [0.05, 0.1) is 18.9 Å². The molecule has 1 aromatic carbocycles. The molecule has 0 atom stereocenters. The molecule has 0 fully saturated rings. The van der Waals surface area contributed by atoms with Gasteiger partial charge in [0, 0.05) is 19.2 Å². The Morgan fingerprint density at radius 3 is 2.83 bits per heavy atom. The number of nitrogen functional groups attached to an aromatic ring is 1. The fourth-order valence-electron chi connectivity index (χ4n) is 1.38. The van der Waals surface area contributed by atoms with Crippen LogP contribution in [0.3, 0.4) is 0 Å². The van der Waals surface area contributed by atoms with Crippen molar-refractivity contribution in [3.8, 4) is 5.75 Å². The van der Waals surface area contributed by atoms with Crippen molar-refractivity contribution < 1.29 is 14.3 Å². The third kappa shape index (κ3) is 4.25. The molecule has 0 saturated heterocycles. The van der Waals surface area contributed by atoms with Crippen LogP contribution < -0.4 is 15.8 Å². The van der Waals surface area contributed by atoms with Gasteiger partial charge >= 0.3 is 0 Å². The van der Waals surface area contributed by atoms with Crippen LogP contribution in [0.25, 0.3) is 0 Å². The van der Waals surface area contributed by atoms with Gasteiger partial charge in [0.15, 0.2) is 0 Å². The van der Waals surface area contributed by atoms with E-state index in [1.807, 2.05) is 6.92 Å². The smallest absolute Gasteiger partial charge is 0.251 e. The summed E-state index contributed by atoms with van der Waals surface area (Å²) < 4.78 is 10.3. The maximum absolute atomic E-state index is 11.8. The van der Waals surface area contributed by atoms with E-state index in [-0.39, 0.29) is 5.91 Å². The van der Waals surface area contributed by atoms with E-state index >= 15 is 0 Å². The molecule has 0 bridgehead atoms. The van der Waals surface area contributed by atoms with Gasteiger partial charge in [-0.05, 0) is 24.6 Å². The van der Waals surface area contributed by atoms with Crippen molar-refractivity contribution in [2.45, 2.75) is 13.3 Å². The molecule has 1 amide bonds. The van der Waals surface area contributed by atoms with Crippen molar-refractivity contribution in [1.82, 2.24) is 5.32 Å². The van der Waals surface area contributed by atoms with E-state index in [9.17, 15) is 4.79 Å². The lowest BCUT2D eigenvalue weighted by Crippen LogP contribution is -2.26. The summed E-state index contributed by atoms with van der Waals surface area (Å²) in [6.45, 7) is 3.56. The van der Waals surface area contributed by atoms with Crippen LogP contribution in [0, 0.1) is 0 Å². The highest BCUT2D eigenvalue weighted by atomic mass is 16.5. The largest absolute Gasteiger partial charge is 0.491 e. The third-order valence-corrected chi connectivity index (χ3v) is 2.33. The number of nitrogens with one attached hydrogen (secondary N) is 1. The Labute approximate surface area is 107 Å². The molecule has 0 aliphatic rings. The Hall–Kier alpha value is -1.75. The van der Waals surface area contributed by atoms with Gasteiger partial charge in [0.25, 0.3) is 5.91 Å². The zero-order valence-electron chi connectivity index (χ0n) is 10.9. The van der Waals surface area contributed by atoms with Gasteiger partial charge in [-0.1, -0.05) is 6.92 Å². The number of methoxy groups -OCH3 is 1. The maximum Gasteiger partial charge on any atom is 0.251 e. The monoisotopic (exact) mass is 252 g/mol. The van der Waals surface area contributed by atoms with Gasteiger partial charge < -0.3 is 20.5 Å².